The zero-order valence-corrected chi connectivity index (χ0v) is 14.7. The highest BCUT2D eigenvalue weighted by molar-refractivity contribution is 6.32. The summed E-state index contributed by atoms with van der Waals surface area (Å²) in [5.41, 5.74) is 6.09. The summed E-state index contributed by atoms with van der Waals surface area (Å²) in [4.78, 5) is 25.2. The number of halogens is 1. The summed E-state index contributed by atoms with van der Waals surface area (Å²) < 4.78 is 5.25. The summed E-state index contributed by atoms with van der Waals surface area (Å²) in [7, 11) is 0. The maximum Gasteiger partial charge on any atom is 0.255 e. The number of amides is 2. The number of nitrogens with one attached hydrogen (secondary N) is 2. The van der Waals surface area contributed by atoms with E-state index in [0.717, 1.165) is 31.5 Å². The molecule has 2 amide bonds. The van der Waals surface area contributed by atoms with Crippen molar-refractivity contribution in [2.75, 3.05) is 26.2 Å². The van der Waals surface area contributed by atoms with Gasteiger partial charge in [0.2, 0.25) is 5.91 Å². The average Bonchev–Trinajstić information content (AvgIpc) is 3.38. The van der Waals surface area contributed by atoms with Crippen LogP contribution in [0, 0.1) is 0 Å². The van der Waals surface area contributed by atoms with Gasteiger partial charge in [0.1, 0.15) is 5.75 Å². The molecule has 1 aromatic rings. The molecule has 8 heteroatoms. The van der Waals surface area contributed by atoms with Gasteiger partial charge in [-0.25, -0.2) is 0 Å². The number of primary amides is 1. The van der Waals surface area contributed by atoms with E-state index in [1.54, 1.807) is 6.07 Å². The molecule has 1 aromatic carbocycles. The first-order valence-electron chi connectivity index (χ1n) is 8.47. The molecule has 1 atom stereocenters. The van der Waals surface area contributed by atoms with Crippen molar-refractivity contribution in [3.05, 3.63) is 28.8 Å². The Hall–Kier alpha value is -1.83. The summed E-state index contributed by atoms with van der Waals surface area (Å²) in [5, 5.41) is 6.76. The minimum atomic E-state index is -0.545. The van der Waals surface area contributed by atoms with Crippen LogP contribution in [0.5, 0.6) is 5.75 Å². The fourth-order valence-corrected chi connectivity index (χ4v) is 3.08. The van der Waals surface area contributed by atoms with E-state index in [1.807, 2.05) is 12.1 Å². The molecule has 0 bridgehead atoms. The number of carbonyl (C=O) groups excluding carboxylic acids is 2. The SMILES string of the molecule is NC(=O)COc1ccc(CN2CCNC(C(=O)NC3CC3)C2)cc1Cl. The lowest BCUT2D eigenvalue weighted by atomic mass is 10.1. The number of hydrogen-bond donors (Lipinski definition) is 3. The Balaban J connectivity index is 1.54. The molecule has 1 heterocycles. The van der Waals surface area contributed by atoms with Crippen LogP contribution in [0.2, 0.25) is 5.02 Å². The van der Waals surface area contributed by atoms with Crippen molar-refractivity contribution in [1.29, 1.82) is 0 Å². The van der Waals surface area contributed by atoms with E-state index in [4.69, 9.17) is 22.1 Å². The molecular formula is C17H23ClN4O3. The smallest absolute Gasteiger partial charge is 0.255 e. The largest absolute Gasteiger partial charge is 0.482 e. The summed E-state index contributed by atoms with van der Waals surface area (Å²) in [6.45, 7) is 2.80. The van der Waals surface area contributed by atoms with Gasteiger partial charge in [-0.3, -0.25) is 14.5 Å². The molecule has 136 valence electrons. The van der Waals surface area contributed by atoms with E-state index < -0.39 is 5.91 Å². The van der Waals surface area contributed by atoms with Gasteiger partial charge < -0.3 is 21.1 Å². The van der Waals surface area contributed by atoms with E-state index in [2.05, 4.69) is 15.5 Å². The predicted octanol–water partition coefficient (Wildman–Crippen LogP) is 0.257. The van der Waals surface area contributed by atoms with Crippen molar-refractivity contribution in [2.24, 2.45) is 5.73 Å². The molecule has 1 unspecified atom stereocenters. The van der Waals surface area contributed by atoms with Gasteiger partial charge in [-0.15, -0.1) is 0 Å². The number of hydrogen-bond acceptors (Lipinski definition) is 5. The van der Waals surface area contributed by atoms with Gasteiger partial charge in [0.05, 0.1) is 11.1 Å². The molecule has 4 N–H and O–H groups in total. The van der Waals surface area contributed by atoms with Crippen LogP contribution in [-0.2, 0) is 16.1 Å². The summed E-state index contributed by atoms with van der Waals surface area (Å²) in [6, 6.07) is 5.66. The van der Waals surface area contributed by atoms with Crippen LogP contribution in [0.4, 0.5) is 0 Å². The second-order valence-corrected chi connectivity index (χ2v) is 6.95. The first-order chi connectivity index (χ1) is 12.0. The Morgan fingerprint density at radius 1 is 1.40 bits per heavy atom. The number of nitrogens with zero attached hydrogens (tertiary/aromatic N) is 1. The highest BCUT2D eigenvalue weighted by atomic mass is 35.5. The summed E-state index contributed by atoms with van der Waals surface area (Å²) >= 11 is 6.20. The number of nitrogens with two attached hydrogens (primary N) is 1. The maximum absolute atomic E-state index is 12.2. The highest BCUT2D eigenvalue weighted by Gasteiger charge is 2.30. The van der Waals surface area contributed by atoms with Crippen molar-refractivity contribution in [3.8, 4) is 5.75 Å². The van der Waals surface area contributed by atoms with Gasteiger partial charge >= 0.3 is 0 Å². The molecule has 7 nitrogen and oxygen atoms in total. The molecule has 3 rings (SSSR count). The third-order valence-corrected chi connectivity index (χ3v) is 4.57. The van der Waals surface area contributed by atoms with E-state index in [9.17, 15) is 9.59 Å². The Labute approximate surface area is 151 Å². The van der Waals surface area contributed by atoms with Gasteiger partial charge in [0, 0.05) is 32.2 Å². The first-order valence-corrected chi connectivity index (χ1v) is 8.84. The van der Waals surface area contributed by atoms with Crippen molar-refractivity contribution in [3.63, 3.8) is 0 Å². The molecule has 0 radical (unpaired) electrons. The van der Waals surface area contributed by atoms with Crippen LogP contribution < -0.4 is 21.1 Å². The number of rotatable bonds is 7. The van der Waals surface area contributed by atoms with Gasteiger partial charge in [0.25, 0.3) is 5.91 Å². The monoisotopic (exact) mass is 366 g/mol. The van der Waals surface area contributed by atoms with E-state index in [1.165, 1.54) is 0 Å². The fraction of sp³-hybridized carbons (Fsp3) is 0.529. The minimum Gasteiger partial charge on any atom is -0.482 e. The molecule has 1 saturated carbocycles. The number of carbonyl (C=O) groups is 2. The number of ether oxygens (including phenoxy) is 1. The summed E-state index contributed by atoms with van der Waals surface area (Å²) in [5.74, 6) is -0.0249. The predicted molar refractivity (Wildman–Crippen MR) is 94.4 cm³/mol. The Morgan fingerprint density at radius 2 is 2.20 bits per heavy atom. The van der Waals surface area contributed by atoms with Crippen molar-refractivity contribution < 1.29 is 14.3 Å². The highest BCUT2D eigenvalue weighted by Crippen LogP contribution is 2.26. The third-order valence-electron chi connectivity index (χ3n) is 4.27. The normalized spacial score (nSPS) is 20.9. The Kier molecular flexibility index (Phi) is 5.78. The molecule has 2 fully saturated rings. The fourth-order valence-electron chi connectivity index (χ4n) is 2.83. The molecule has 2 aliphatic rings. The summed E-state index contributed by atoms with van der Waals surface area (Å²) in [6.07, 6.45) is 2.18. The van der Waals surface area contributed by atoms with E-state index in [-0.39, 0.29) is 18.6 Å². The lowest BCUT2D eigenvalue weighted by molar-refractivity contribution is -0.124. The second kappa shape index (κ2) is 8.03. The molecule has 0 aromatic heterocycles. The maximum atomic E-state index is 12.2. The van der Waals surface area contributed by atoms with E-state index in [0.29, 0.717) is 29.9 Å². The Bertz CT molecular complexity index is 651. The zero-order chi connectivity index (χ0) is 17.8. The van der Waals surface area contributed by atoms with Gasteiger partial charge in [0.15, 0.2) is 6.61 Å². The molecule has 1 saturated heterocycles. The molecular weight excluding hydrogens is 344 g/mol. The number of benzene rings is 1. The zero-order valence-electron chi connectivity index (χ0n) is 14.0. The third kappa shape index (κ3) is 5.32. The van der Waals surface area contributed by atoms with Crippen molar-refractivity contribution in [1.82, 2.24) is 15.5 Å². The van der Waals surface area contributed by atoms with Crippen molar-refractivity contribution >= 4 is 23.4 Å². The quantitative estimate of drug-likeness (QED) is 0.643. The van der Waals surface area contributed by atoms with Crippen LogP contribution in [-0.4, -0.2) is 55.0 Å². The van der Waals surface area contributed by atoms with E-state index >= 15 is 0 Å². The minimum absolute atomic E-state index is 0.0837. The topological polar surface area (TPSA) is 96.7 Å². The van der Waals surface area contributed by atoms with Crippen LogP contribution in [0.1, 0.15) is 18.4 Å². The second-order valence-electron chi connectivity index (χ2n) is 6.54. The van der Waals surface area contributed by atoms with Gasteiger partial charge in [-0.2, -0.15) is 0 Å². The standard InChI is InChI=1S/C17H23ClN4O3/c18-13-7-11(1-4-15(13)25-10-16(19)23)8-22-6-5-20-14(9-22)17(24)21-12-2-3-12/h1,4,7,12,14,20H,2-3,5-6,8-10H2,(H2,19,23)(H,21,24). The van der Waals surface area contributed by atoms with Gasteiger partial charge in [-0.05, 0) is 30.5 Å². The van der Waals surface area contributed by atoms with Crippen LogP contribution in [0.3, 0.4) is 0 Å². The van der Waals surface area contributed by atoms with Gasteiger partial charge in [-0.1, -0.05) is 17.7 Å². The lowest BCUT2D eigenvalue weighted by Crippen LogP contribution is -2.57. The molecule has 25 heavy (non-hydrogen) atoms. The van der Waals surface area contributed by atoms with Crippen LogP contribution >= 0.6 is 11.6 Å². The number of piperazine rings is 1. The Morgan fingerprint density at radius 3 is 2.88 bits per heavy atom. The molecule has 0 spiro atoms. The molecule has 1 aliphatic carbocycles. The lowest BCUT2D eigenvalue weighted by Gasteiger charge is -2.33. The van der Waals surface area contributed by atoms with Crippen molar-refractivity contribution in [2.45, 2.75) is 31.5 Å². The van der Waals surface area contributed by atoms with Crippen LogP contribution in [0.25, 0.3) is 0 Å². The molecule has 1 aliphatic heterocycles. The first kappa shape index (κ1) is 18.0. The average molecular weight is 367 g/mol. The van der Waals surface area contributed by atoms with Crippen LogP contribution in [0.15, 0.2) is 18.2 Å².